The highest BCUT2D eigenvalue weighted by atomic mass is 16.5. The number of primary amides is 1. The number of pyridine rings is 1. The molecule has 11 heteroatoms. The molecule has 2 saturated carbocycles. The van der Waals surface area contributed by atoms with Crippen molar-refractivity contribution in [2.45, 2.75) is 76.6 Å². The van der Waals surface area contributed by atoms with Crippen molar-refractivity contribution in [3.63, 3.8) is 0 Å². The normalized spacial score (nSPS) is 28.2. The zero-order valence-corrected chi connectivity index (χ0v) is 19.6. The summed E-state index contributed by atoms with van der Waals surface area (Å²) in [4.78, 5) is 55.2. The largest absolute Gasteiger partial charge is 0.474 e. The number of urea groups is 1. The third kappa shape index (κ3) is 4.38. The van der Waals surface area contributed by atoms with E-state index in [2.05, 4.69) is 10.3 Å². The highest BCUT2D eigenvalue weighted by Crippen LogP contribution is 2.58. The minimum atomic E-state index is -1.06. The molecule has 1 aromatic rings. The number of carbonyl (C=O) groups is 4. The first-order valence-electron chi connectivity index (χ1n) is 11.5. The average Bonchev–Trinajstić information content (AvgIpc) is 2.95. The summed E-state index contributed by atoms with van der Waals surface area (Å²) in [6.07, 6.45) is 3.53. The SMILES string of the molecule is CC(C)(C)N(CCC1NC(=O)N(C2CC3(CC(Oc4ncccc4C(N)=O)C3)C2)C1=O)C(=O)O. The highest BCUT2D eigenvalue weighted by molar-refractivity contribution is 6.04. The minimum Gasteiger partial charge on any atom is -0.474 e. The maximum Gasteiger partial charge on any atom is 0.407 e. The van der Waals surface area contributed by atoms with E-state index in [-0.39, 0.29) is 47.9 Å². The second-order valence-electron chi connectivity index (χ2n) is 10.5. The van der Waals surface area contributed by atoms with E-state index in [1.807, 2.05) is 0 Å². The van der Waals surface area contributed by atoms with Crippen molar-refractivity contribution < 1.29 is 29.0 Å². The third-order valence-electron chi connectivity index (χ3n) is 7.07. The van der Waals surface area contributed by atoms with Crippen LogP contribution in [0.4, 0.5) is 9.59 Å². The standard InChI is InChI=1S/C23H31N5O6/c1-22(2,3)27(21(32)33)8-6-16-19(30)28(20(31)26-16)13-9-23(10-13)11-14(12-23)34-18-15(17(24)29)5-4-7-25-18/h4-5,7,13-14,16H,6,8-12H2,1-3H3,(H2,24,29)(H,26,31)(H,32,33). The lowest BCUT2D eigenvalue weighted by atomic mass is 9.52. The summed E-state index contributed by atoms with van der Waals surface area (Å²) in [6, 6.07) is 1.89. The van der Waals surface area contributed by atoms with Crippen molar-refractivity contribution in [2.24, 2.45) is 11.1 Å². The van der Waals surface area contributed by atoms with Gasteiger partial charge in [-0.2, -0.15) is 0 Å². The van der Waals surface area contributed by atoms with E-state index in [9.17, 15) is 24.3 Å². The van der Waals surface area contributed by atoms with Crippen LogP contribution in [0, 0.1) is 5.41 Å². The van der Waals surface area contributed by atoms with Crippen LogP contribution in [-0.2, 0) is 4.79 Å². The molecule has 11 nitrogen and oxygen atoms in total. The third-order valence-corrected chi connectivity index (χ3v) is 7.07. The molecule has 34 heavy (non-hydrogen) atoms. The number of rotatable bonds is 7. The van der Waals surface area contributed by atoms with E-state index in [1.54, 1.807) is 39.1 Å². The second kappa shape index (κ2) is 8.44. The molecular formula is C23H31N5O6. The zero-order valence-electron chi connectivity index (χ0n) is 19.6. The number of ether oxygens (including phenoxy) is 1. The van der Waals surface area contributed by atoms with Gasteiger partial charge in [-0.1, -0.05) is 0 Å². The molecule has 1 aliphatic heterocycles. The average molecular weight is 474 g/mol. The Labute approximate surface area is 197 Å². The lowest BCUT2D eigenvalue weighted by Gasteiger charge is -2.58. The molecule has 3 fully saturated rings. The van der Waals surface area contributed by atoms with Crippen LogP contribution in [0.5, 0.6) is 5.88 Å². The Morgan fingerprint density at radius 1 is 1.29 bits per heavy atom. The van der Waals surface area contributed by atoms with Gasteiger partial charge in [0.15, 0.2) is 0 Å². The van der Waals surface area contributed by atoms with E-state index in [4.69, 9.17) is 10.5 Å². The number of carboxylic acid groups (broad SMARTS) is 1. The molecule has 1 unspecified atom stereocenters. The van der Waals surface area contributed by atoms with Crippen LogP contribution in [-0.4, -0.2) is 74.1 Å². The van der Waals surface area contributed by atoms with Crippen LogP contribution < -0.4 is 15.8 Å². The molecule has 0 aromatic carbocycles. The van der Waals surface area contributed by atoms with Gasteiger partial charge in [0.25, 0.3) is 11.8 Å². The van der Waals surface area contributed by atoms with Gasteiger partial charge in [0, 0.05) is 24.3 Å². The number of hydrogen-bond donors (Lipinski definition) is 3. The first-order chi connectivity index (χ1) is 15.9. The molecule has 0 radical (unpaired) electrons. The van der Waals surface area contributed by atoms with Crippen molar-refractivity contribution >= 4 is 23.9 Å². The molecule has 2 aliphatic carbocycles. The molecule has 4 rings (SSSR count). The highest BCUT2D eigenvalue weighted by Gasteiger charge is 2.58. The fourth-order valence-electron chi connectivity index (χ4n) is 5.34. The molecule has 2 heterocycles. The summed E-state index contributed by atoms with van der Waals surface area (Å²) >= 11 is 0. The molecule has 3 aliphatic rings. The monoisotopic (exact) mass is 473 g/mol. The van der Waals surface area contributed by atoms with Crippen LogP contribution in [0.1, 0.15) is 63.2 Å². The van der Waals surface area contributed by atoms with E-state index in [1.165, 1.54) is 9.80 Å². The predicted molar refractivity (Wildman–Crippen MR) is 120 cm³/mol. The molecule has 184 valence electrons. The van der Waals surface area contributed by atoms with Crippen molar-refractivity contribution in [1.29, 1.82) is 0 Å². The van der Waals surface area contributed by atoms with Crippen LogP contribution in [0.25, 0.3) is 0 Å². The van der Waals surface area contributed by atoms with Gasteiger partial charge in [-0.05, 0) is 70.4 Å². The number of nitrogens with two attached hydrogens (primary N) is 1. The lowest BCUT2D eigenvalue weighted by Crippen LogP contribution is -2.60. The van der Waals surface area contributed by atoms with Gasteiger partial charge in [0.1, 0.15) is 17.7 Å². The van der Waals surface area contributed by atoms with Crippen molar-refractivity contribution in [1.82, 2.24) is 20.1 Å². The van der Waals surface area contributed by atoms with Crippen LogP contribution >= 0.6 is 0 Å². The summed E-state index contributed by atoms with van der Waals surface area (Å²) in [5.74, 6) is -0.660. The predicted octanol–water partition coefficient (Wildman–Crippen LogP) is 1.96. The number of amides is 5. The van der Waals surface area contributed by atoms with Gasteiger partial charge in [0.05, 0.1) is 0 Å². The number of hydrogen-bond acceptors (Lipinski definition) is 6. The first-order valence-corrected chi connectivity index (χ1v) is 11.5. The Bertz CT molecular complexity index is 1010. The molecule has 1 aromatic heterocycles. The zero-order chi connectivity index (χ0) is 24.8. The maximum absolute atomic E-state index is 12.9. The molecule has 1 atom stereocenters. The van der Waals surface area contributed by atoms with E-state index in [0.29, 0.717) is 12.8 Å². The van der Waals surface area contributed by atoms with Gasteiger partial charge in [-0.25, -0.2) is 14.6 Å². The Kier molecular flexibility index (Phi) is 5.91. The molecule has 1 saturated heterocycles. The Morgan fingerprint density at radius 3 is 2.56 bits per heavy atom. The Hall–Kier alpha value is -3.37. The fourth-order valence-corrected chi connectivity index (χ4v) is 5.34. The number of imide groups is 1. The fraction of sp³-hybridized carbons (Fsp3) is 0.609. The van der Waals surface area contributed by atoms with Crippen LogP contribution in [0.15, 0.2) is 18.3 Å². The molecule has 1 spiro atoms. The number of carbonyl (C=O) groups excluding carboxylic acids is 3. The van der Waals surface area contributed by atoms with E-state index in [0.717, 1.165) is 12.8 Å². The topological polar surface area (TPSA) is 155 Å². The van der Waals surface area contributed by atoms with E-state index < -0.39 is 29.6 Å². The van der Waals surface area contributed by atoms with Gasteiger partial charge < -0.3 is 25.8 Å². The van der Waals surface area contributed by atoms with Crippen molar-refractivity contribution in [3.8, 4) is 5.88 Å². The molecule has 0 bridgehead atoms. The number of nitrogens with zero attached hydrogens (tertiary/aromatic N) is 3. The van der Waals surface area contributed by atoms with Gasteiger partial charge >= 0.3 is 12.1 Å². The molecular weight excluding hydrogens is 442 g/mol. The summed E-state index contributed by atoms with van der Waals surface area (Å²) in [5.41, 5.74) is 5.03. The van der Waals surface area contributed by atoms with E-state index >= 15 is 0 Å². The first kappa shape index (κ1) is 23.8. The summed E-state index contributed by atoms with van der Waals surface area (Å²) < 4.78 is 5.87. The minimum absolute atomic E-state index is 0.0159. The van der Waals surface area contributed by atoms with Crippen LogP contribution in [0.3, 0.4) is 0 Å². The molecule has 5 amide bonds. The van der Waals surface area contributed by atoms with Gasteiger partial charge in [-0.3, -0.25) is 14.5 Å². The quantitative estimate of drug-likeness (QED) is 0.511. The number of aromatic nitrogens is 1. The Balaban J connectivity index is 1.28. The smallest absolute Gasteiger partial charge is 0.407 e. The Morgan fingerprint density at radius 2 is 1.97 bits per heavy atom. The maximum atomic E-state index is 12.9. The summed E-state index contributed by atoms with van der Waals surface area (Å²) in [6.45, 7) is 5.51. The van der Waals surface area contributed by atoms with Crippen molar-refractivity contribution in [2.75, 3.05) is 6.54 Å². The second-order valence-corrected chi connectivity index (χ2v) is 10.5. The van der Waals surface area contributed by atoms with Gasteiger partial charge in [0.2, 0.25) is 5.88 Å². The summed E-state index contributed by atoms with van der Waals surface area (Å²) in [7, 11) is 0. The molecule has 4 N–H and O–H groups in total. The number of nitrogens with one attached hydrogen (secondary N) is 1. The van der Waals surface area contributed by atoms with Crippen molar-refractivity contribution in [3.05, 3.63) is 23.9 Å². The summed E-state index contributed by atoms with van der Waals surface area (Å²) in [5, 5.41) is 12.2. The van der Waals surface area contributed by atoms with Crippen LogP contribution in [0.2, 0.25) is 0 Å². The lowest BCUT2D eigenvalue weighted by molar-refractivity contribution is -0.141. The van der Waals surface area contributed by atoms with Gasteiger partial charge in [-0.15, -0.1) is 0 Å².